The molecular weight excluding hydrogens is 240 g/mol. The van der Waals surface area contributed by atoms with E-state index in [1.807, 2.05) is 56.3 Å². The fourth-order valence-corrected chi connectivity index (χ4v) is 1.57. The van der Waals surface area contributed by atoms with Crippen molar-refractivity contribution in [2.45, 2.75) is 13.8 Å². The Morgan fingerprint density at radius 3 is 2.00 bits per heavy atom. The van der Waals surface area contributed by atoms with E-state index in [9.17, 15) is 4.79 Å². The Labute approximate surface area is 113 Å². The summed E-state index contributed by atoms with van der Waals surface area (Å²) in [6.45, 7) is 3.40. The van der Waals surface area contributed by atoms with Crippen LogP contribution in [0, 0.1) is 0 Å². The van der Waals surface area contributed by atoms with Crippen molar-refractivity contribution in [1.29, 1.82) is 0 Å². The summed E-state index contributed by atoms with van der Waals surface area (Å²) in [7, 11) is 0. The third-order valence-corrected chi connectivity index (χ3v) is 2.42. The molecule has 0 aliphatic carbocycles. The van der Waals surface area contributed by atoms with Gasteiger partial charge in [0.1, 0.15) is 0 Å². The van der Waals surface area contributed by atoms with Crippen molar-refractivity contribution in [2.75, 3.05) is 6.79 Å². The van der Waals surface area contributed by atoms with E-state index in [4.69, 9.17) is 5.11 Å². The Bertz CT molecular complexity index is 489. The molecule has 0 heterocycles. The fraction of sp³-hybridized carbons (Fsp3) is 0.188. The molecule has 0 atom stereocenters. The highest BCUT2D eigenvalue weighted by atomic mass is 16.6. The van der Waals surface area contributed by atoms with Gasteiger partial charge in [0.2, 0.25) is 0 Å². The van der Waals surface area contributed by atoms with Crippen LogP contribution in [0.1, 0.15) is 24.2 Å². The van der Waals surface area contributed by atoms with Gasteiger partial charge in [-0.15, -0.1) is 0 Å². The van der Waals surface area contributed by atoms with Crippen molar-refractivity contribution in [2.24, 2.45) is 0 Å². The van der Waals surface area contributed by atoms with Crippen LogP contribution in [0.2, 0.25) is 0 Å². The highest BCUT2D eigenvalue weighted by Gasteiger charge is 2.06. The average Bonchev–Trinajstić information content (AvgIpc) is 2.51. The summed E-state index contributed by atoms with van der Waals surface area (Å²) in [5.41, 5.74) is 2.56. The lowest BCUT2D eigenvalue weighted by atomic mass is 10.0. The van der Waals surface area contributed by atoms with E-state index < -0.39 is 12.8 Å². The molecule has 0 amide bonds. The van der Waals surface area contributed by atoms with E-state index in [0.29, 0.717) is 5.56 Å². The van der Waals surface area contributed by atoms with E-state index >= 15 is 0 Å². The zero-order valence-corrected chi connectivity index (χ0v) is 11.2. The number of aliphatic hydroxyl groups is 1. The van der Waals surface area contributed by atoms with E-state index in [0.717, 1.165) is 11.1 Å². The number of ether oxygens (including phenoxy) is 1. The lowest BCUT2D eigenvalue weighted by Gasteiger charge is -2.03. The quantitative estimate of drug-likeness (QED) is 0.677. The molecule has 0 spiro atoms. The lowest BCUT2D eigenvalue weighted by molar-refractivity contribution is 0.00684. The van der Waals surface area contributed by atoms with Crippen LogP contribution in [0.25, 0.3) is 11.1 Å². The zero-order chi connectivity index (χ0) is 14.1. The molecule has 0 saturated carbocycles. The molecule has 0 saturated heterocycles. The number of aliphatic hydroxyl groups excluding tert-OH is 1. The number of esters is 1. The van der Waals surface area contributed by atoms with Gasteiger partial charge in [-0.25, -0.2) is 4.79 Å². The molecule has 2 aromatic rings. The summed E-state index contributed by atoms with van der Waals surface area (Å²) in [6.07, 6.45) is 0. The van der Waals surface area contributed by atoms with E-state index in [2.05, 4.69) is 4.74 Å². The van der Waals surface area contributed by atoms with Crippen molar-refractivity contribution < 1.29 is 14.6 Å². The molecule has 100 valence electrons. The average molecular weight is 258 g/mol. The van der Waals surface area contributed by atoms with Gasteiger partial charge < -0.3 is 9.84 Å². The summed E-state index contributed by atoms with van der Waals surface area (Å²) in [5, 5.41) is 8.49. The smallest absolute Gasteiger partial charge is 0.340 e. The summed E-state index contributed by atoms with van der Waals surface area (Å²) in [5.74, 6) is -0.521. The topological polar surface area (TPSA) is 46.5 Å². The molecule has 1 N–H and O–H groups in total. The molecule has 0 aromatic heterocycles. The zero-order valence-electron chi connectivity index (χ0n) is 11.2. The van der Waals surface area contributed by atoms with Gasteiger partial charge in [0.05, 0.1) is 5.56 Å². The van der Waals surface area contributed by atoms with Crippen LogP contribution in [-0.2, 0) is 4.74 Å². The van der Waals surface area contributed by atoms with Crippen LogP contribution < -0.4 is 0 Å². The van der Waals surface area contributed by atoms with Crippen molar-refractivity contribution >= 4 is 5.97 Å². The maximum Gasteiger partial charge on any atom is 0.340 e. The number of carbonyl (C=O) groups is 1. The second kappa shape index (κ2) is 8.06. The molecule has 0 fully saturated rings. The van der Waals surface area contributed by atoms with Crippen molar-refractivity contribution in [3.8, 4) is 11.1 Å². The molecule has 19 heavy (non-hydrogen) atoms. The van der Waals surface area contributed by atoms with Crippen LogP contribution >= 0.6 is 0 Å². The highest BCUT2D eigenvalue weighted by Crippen LogP contribution is 2.19. The standard InChI is InChI=1S/C14H12O3.C2H6/c15-10-17-14(16)13-8-6-12(7-9-13)11-4-2-1-3-5-11;1-2/h1-9,15H,10H2;1-2H3. The second-order valence-corrected chi connectivity index (χ2v) is 3.50. The second-order valence-electron chi connectivity index (χ2n) is 3.50. The monoisotopic (exact) mass is 258 g/mol. The van der Waals surface area contributed by atoms with Crippen LogP contribution in [0.3, 0.4) is 0 Å². The first-order chi connectivity index (χ1) is 9.31. The van der Waals surface area contributed by atoms with Gasteiger partial charge in [-0.2, -0.15) is 0 Å². The summed E-state index contributed by atoms with van der Waals surface area (Å²) in [6, 6.07) is 16.9. The maximum atomic E-state index is 11.3. The first-order valence-corrected chi connectivity index (χ1v) is 6.25. The van der Waals surface area contributed by atoms with Gasteiger partial charge in [0.15, 0.2) is 6.79 Å². The maximum absolute atomic E-state index is 11.3. The molecule has 0 aliphatic heterocycles. The number of carbonyl (C=O) groups excluding carboxylic acids is 1. The number of benzene rings is 2. The molecule has 0 radical (unpaired) electrons. The predicted octanol–water partition coefficient (Wildman–Crippen LogP) is 3.49. The van der Waals surface area contributed by atoms with Crippen molar-refractivity contribution in [3.05, 3.63) is 60.2 Å². The molecule has 3 heteroatoms. The number of rotatable bonds is 3. The fourth-order valence-electron chi connectivity index (χ4n) is 1.57. The SMILES string of the molecule is CC.O=C(OCO)c1ccc(-c2ccccc2)cc1. The molecule has 3 nitrogen and oxygen atoms in total. The third kappa shape index (κ3) is 4.23. The van der Waals surface area contributed by atoms with Gasteiger partial charge in [-0.1, -0.05) is 56.3 Å². The molecule has 0 bridgehead atoms. The van der Waals surface area contributed by atoms with E-state index in [1.165, 1.54) is 0 Å². The minimum atomic E-state index is -0.598. The number of hydrogen-bond donors (Lipinski definition) is 1. The van der Waals surface area contributed by atoms with Crippen molar-refractivity contribution in [1.82, 2.24) is 0 Å². The largest absolute Gasteiger partial charge is 0.435 e. The van der Waals surface area contributed by atoms with E-state index in [1.54, 1.807) is 12.1 Å². The summed E-state index contributed by atoms with van der Waals surface area (Å²) >= 11 is 0. The molecular formula is C16H18O3. The Hall–Kier alpha value is -2.13. The number of hydrogen-bond acceptors (Lipinski definition) is 3. The molecule has 2 rings (SSSR count). The van der Waals surface area contributed by atoms with Gasteiger partial charge >= 0.3 is 5.97 Å². The molecule has 2 aromatic carbocycles. The van der Waals surface area contributed by atoms with Crippen LogP contribution in [0.15, 0.2) is 54.6 Å². The molecule has 0 aliphatic rings. The van der Waals surface area contributed by atoms with Gasteiger partial charge in [0.25, 0.3) is 0 Å². The first kappa shape index (κ1) is 14.9. The van der Waals surface area contributed by atoms with Crippen LogP contribution in [-0.4, -0.2) is 17.9 Å². The summed E-state index contributed by atoms with van der Waals surface area (Å²) in [4.78, 5) is 11.3. The summed E-state index contributed by atoms with van der Waals surface area (Å²) < 4.78 is 4.49. The first-order valence-electron chi connectivity index (χ1n) is 6.25. The Kier molecular flexibility index (Phi) is 6.33. The predicted molar refractivity (Wildman–Crippen MR) is 75.7 cm³/mol. The Morgan fingerprint density at radius 1 is 0.947 bits per heavy atom. The Balaban J connectivity index is 0.000000861. The molecule has 0 unspecified atom stereocenters. The van der Waals surface area contributed by atoms with E-state index in [-0.39, 0.29) is 0 Å². The van der Waals surface area contributed by atoms with Gasteiger partial charge in [0, 0.05) is 0 Å². The minimum absolute atomic E-state index is 0.429. The lowest BCUT2D eigenvalue weighted by Crippen LogP contribution is -2.05. The normalized spacial score (nSPS) is 9.21. The van der Waals surface area contributed by atoms with Gasteiger partial charge in [-0.3, -0.25) is 0 Å². The minimum Gasteiger partial charge on any atom is -0.435 e. The van der Waals surface area contributed by atoms with Crippen LogP contribution in [0.4, 0.5) is 0 Å². The Morgan fingerprint density at radius 2 is 1.47 bits per heavy atom. The van der Waals surface area contributed by atoms with Crippen LogP contribution in [0.5, 0.6) is 0 Å². The highest BCUT2D eigenvalue weighted by molar-refractivity contribution is 5.90. The third-order valence-electron chi connectivity index (χ3n) is 2.42. The van der Waals surface area contributed by atoms with Gasteiger partial charge in [-0.05, 0) is 23.3 Å². The van der Waals surface area contributed by atoms with Crippen molar-refractivity contribution in [3.63, 3.8) is 0 Å².